The zero-order valence-electron chi connectivity index (χ0n) is 15.3. The number of anilines is 1. The number of ether oxygens (including phenoxy) is 1. The molecule has 0 aromatic carbocycles. The first kappa shape index (κ1) is 19.6. The molecule has 2 aromatic rings. The predicted octanol–water partition coefficient (Wildman–Crippen LogP) is 1.96. The van der Waals surface area contributed by atoms with Crippen molar-refractivity contribution in [3.8, 4) is 0 Å². The van der Waals surface area contributed by atoms with Crippen LogP contribution in [0.2, 0.25) is 0 Å². The number of carbonyl (C=O) groups excluding carboxylic acids is 2. The number of esters is 1. The Morgan fingerprint density at radius 2 is 1.96 bits per heavy atom. The zero-order chi connectivity index (χ0) is 19.3. The Morgan fingerprint density at radius 1 is 1.23 bits per heavy atom. The van der Waals surface area contributed by atoms with E-state index < -0.39 is 23.6 Å². The highest BCUT2D eigenvalue weighted by atomic mass is 16.6. The number of pyridine rings is 2. The quantitative estimate of drug-likeness (QED) is 0.760. The van der Waals surface area contributed by atoms with Crippen molar-refractivity contribution in [2.45, 2.75) is 45.3 Å². The van der Waals surface area contributed by atoms with Gasteiger partial charge in [0, 0.05) is 12.7 Å². The van der Waals surface area contributed by atoms with Gasteiger partial charge in [-0.15, -0.1) is 0 Å². The van der Waals surface area contributed by atoms with E-state index >= 15 is 0 Å². The number of rotatable bonds is 6. The van der Waals surface area contributed by atoms with E-state index in [9.17, 15) is 9.59 Å². The lowest BCUT2D eigenvalue weighted by atomic mass is 10.1. The molecule has 2 aromatic heterocycles. The van der Waals surface area contributed by atoms with Crippen molar-refractivity contribution >= 4 is 28.9 Å². The molecule has 0 bridgehead atoms. The fraction of sp³-hybridized carbons (Fsp3) is 0.444. The van der Waals surface area contributed by atoms with Crippen molar-refractivity contribution in [1.29, 1.82) is 0 Å². The lowest BCUT2D eigenvalue weighted by Crippen LogP contribution is -2.40. The molecule has 1 atom stereocenters. The topological polar surface area (TPSA) is 124 Å². The lowest BCUT2D eigenvalue weighted by Gasteiger charge is -2.23. The van der Waals surface area contributed by atoms with Crippen molar-refractivity contribution in [2.24, 2.45) is 11.5 Å². The van der Waals surface area contributed by atoms with Crippen LogP contribution in [-0.4, -0.2) is 40.2 Å². The Hall–Kier alpha value is -2.74. The third-order valence-electron chi connectivity index (χ3n) is 3.59. The molecule has 0 spiro atoms. The highest BCUT2D eigenvalue weighted by molar-refractivity contribution is 5.91. The number of hydrogen-bond donors (Lipinski definition) is 2. The molecule has 0 saturated carbocycles. The van der Waals surface area contributed by atoms with Gasteiger partial charge >= 0.3 is 12.0 Å². The summed E-state index contributed by atoms with van der Waals surface area (Å²) in [6, 6.07) is 5.68. The first-order chi connectivity index (χ1) is 12.2. The molecule has 2 rings (SSSR count). The summed E-state index contributed by atoms with van der Waals surface area (Å²) in [6.07, 6.45) is 2.53. The minimum Gasteiger partial charge on any atom is -0.459 e. The second-order valence-electron chi connectivity index (χ2n) is 6.98. The number of hydrogen-bond acceptors (Lipinski definition) is 6. The molecular formula is C18H25N5O3. The van der Waals surface area contributed by atoms with Crippen LogP contribution in [0.15, 0.2) is 30.5 Å². The van der Waals surface area contributed by atoms with Crippen LogP contribution in [0, 0.1) is 0 Å². The maximum absolute atomic E-state index is 11.9. The van der Waals surface area contributed by atoms with E-state index in [0.717, 1.165) is 5.52 Å². The van der Waals surface area contributed by atoms with Gasteiger partial charge in [-0.05, 0) is 57.9 Å². The van der Waals surface area contributed by atoms with Crippen LogP contribution in [0.25, 0.3) is 11.0 Å². The zero-order valence-corrected chi connectivity index (χ0v) is 15.3. The molecule has 8 nitrogen and oxygen atoms in total. The van der Waals surface area contributed by atoms with E-state index in [1.54, 1.807) is 45.2 Å². The van der Waals surface area contributed by atoms with Crippen LogP contribution in [-0.2, 0) is 9.53 Å². The fourth-order valence-corrected chi connectivity index (χ4v) is 2.40. The molecule has 26 heavy (non-hydrogen) atoms. The van der Waals surface area contributed by atoms with Gasteiger partial charge in [0.15, 0.2) is 0 Å². The molecule has 1 unspecified atom stereocenters. The van der Waals surface area contributed by atoms with Gasteiger partial charge in [-0.2, -0.15) is 0 Å². The van der Waals surface area contributed by atoms with Crippen LogP contribution >= 0.6 is 0 Å². The van der Waals surface area contributed by atoms with E-state index in [0.29, 0.717) is 30.7 Å². The van der Waals surface area contributed by atoms with Gasteiger partial charge in [0.2, 0.25) is 0 Å². The van der Waals surface area contributed by atoms with Gasteiger partial charge in [-0.3, -0.25) is 14.7 Å². The Morgan fingerprint density at radius 3 is 2.62 bits per heavy atom. The Bertz CT molecular complexity index is 788. The van der Waals surface area contributed by atoms with Crippen molar-refractivity contribution in [3.63, 3.8) is 0 Å². The van der Waals surface area contributed by atoms with Crippen molar-refractivity contribution in [2.75, 3.05) is 11.4 Å². The van der Waals surface area contributed by atoms with Gasteiger partial charge in [0.25, 0.3) is 0 Å². The molecular weight excluding hydrogens is 334 g/mol. The summed E-state index contributed by atoms with van der Waals surface area (Å²) >= 11 is 0. The number of carbonyl (C=O) groups is 2. The van der Waals surface area contributed by atoms with Crippen LogP contribution in [0.1, 0.15) is 33.6 Å². The Balaban J connectivity index is 2.00. The average Bonchev–Trinajstić information content (AvgIpc) is 2.56. The normalized spacial score (nSPS) is 12.6. The Labute approximate surface area is 152 Å². The van der Waals surface area contributed by atoms with Gasteiger partial charge < -0.3 is 16.2 Å². The van der Waals surface area contributed by atoms with E-state index in [4.69, 9.17) is 16.2 Å². The number of amides is 2. The predicted molar refractivity (Wildman–Crippen MR) is 99.5 cm³/mol. The molecule has 0 aliphatic rings. The smallest absolute Gasteiger partial charge is 0.323 e. The van der Waals surface area contributed by atoms with Crippen molar-refractivity contribution < 1.29 is 14.3 Å². The highest BCUT2D eigenvalue weighted by Crippen LogP contribution is 2.17. The molecule has 0 saturated heterocycles. The van der Waals surface area contributed by atoms with Crippen molar-refractivity contribution in [1.82, 2.24) is 9.97 Å². The molecule has 0 aliphatic heterocycles. The van der Waals surface area contributed by atoms with Crippen LogP contribution in [0.3, 0.4) is 0 Å². The average molecular weight is 359 g/mol. The number of nitrogens with zero attached hydrogens (tertiary/aromatic N) is 3. The fourth-order valence-electron chi connectivity index (χ4n) is 2.40. The van der Waals surface area contributed by atoms with Gasteiger partial charge in [-0.25, -0.2) is 9.78 Å². The van der Waals surface area contributed by atoms with E-state index in [1.165, 1.54) is 4.90 Å². The van der Waals surface area contributed by atoms with Gasteiger partial charge in [0.05, 0.1) is 11.0 Å². The standard InChI is InChI=1S/C18H25N5O3/c1-18(2,3)26-16(24)12(19)6-5-11-23(17(20)25)15-9-8-13-14(22-15)7-4-10-21-13/h4,7-10,12H,5-6,11,19H2,1-3H3,(H2,20,25). The molecule has 2 heterocycles. The summed E-state index contributed by atoms with van der Waals surface area (Å²) in [5.74, 6) is -0.0260. The van der Waals surface area contributed by atoms with E-state index in [-0.39, 0.29) is 0 Å². The number of aromatic nitrogens is 2. The maximum atomic E-state index is 11.9. The first-order valence-corrected chi connectivity index (χ1v) is 8.44. The third kappa shape index (κ3) is 5.38. The monoisotopic (exact) mass is 359 g/mol. The Kier molecular flexibility index (Phi) is 6.10. The molecule has 0 radical (unpaired) electrons. The number of nitrogens with two attached hydrogens (primary N) is 2. The SMILES string of the molecule is CC(C)(C)OC(=O)C(N)CCCN(C(N)=O)c1ccc2ncccc2n1. The van der Waals surface area contributed by atoms with Crippen LogP contribution < -0.4 is 16.4 Å². The molecule has 8 heteroatoms. The van der Waals surface area contributed by atoms with Crippen molar-refractivity contribution in [3.05, 3.63) is 30.5 Å². The summed E-state index contributed by atoms with van der Waals surface area (Å²) in [5, 5.41) is 0. The van der Waals surface area contributed by atoms with Crippen LogP contribution in [0.4, 0.5) is 10.6 Å². The maximum Gasteiger partial charge on any atom is 0.323 e. The molecule has 2 amide bonds. The summed E-state index contributed by atoms with van der Waals surface area (Å²) in [5.41, 5.74) is 12.2. The first-order valence-electron chi connectivity index (χ1n) is 8.44. The van der Waals surface area contributed by atoms with E-state index in [2.05, 4.69) is 9.97 Å². The third-order valence-corrected chi connectivity index (χ3v) is 3.59. The van der Waals surface area contributed by atoms with Gasteiger partial charge in [-0.1, -0.05) is 0 Å². The highest BCUT2D eigenvalue weighted by Gasteiger charge is 2.22. The molecule has 0 aliphatic carbocycles. The number of fused-ring (bicyclic) bond motifs is 1. The van der Waals surface area contributed by atoms with Crippen LogP contribution in [0.5, 0.6) is 0 Å². The molecule has 0 fully saturated rings. The largest absolute Gasteiger partial charge is 0.459 e. The summed E-state index contributed by atoms with van der Waals surface area (Å²) in [6.45, 7) is 5.65. The number of primary amides is 1. The lowest BCUT2D eigenvalue weighted by molar-refractivity contribution is -0.156. The van der Waals surface area contributed by atoms with Gasteiger partial charge in [0.1, 0.15) is 17.5 Å². The van der Waals surface area contributed by atoms with E-state index in [1.807, 2.05) is 6.07 Å². The molecule has 4 N–H and O–H groups in total. The summed E-state index contributed by atoms with van der Waals surface area (Å²) < 4.78 is 5.25. The molecule has 140 valence electrons. The second kappa shape index (κ2) is 8.09. The minimum atomic E-state index is -0.752. The number of urea groups is 1. The summed E-state index contributed by atoms with van der Waals surface area (Å²) in [4.78, 5) is 33.7. The second-order valence-corrected chi connectivity index (χ2v) is 6.98. The minimum absolute atomic E-state index is 0.296. The summed E-state index contributed by atoms with van der Waals surface area (Å²) in [7, 11) is 0.